The molecule has 0 radical (unpaired) electrons. The molecule has 9 nitrogen and oxygen atoms in total. The molecular weight excluding hydrogens is 584 g/mol. The molecule has 0 atom stereocenters. The number of fused-ring (bicyclic) bond motifs is 1. The number of benzene rings is 2. The Balaban J connectivity index is 1.33. The zero-order chi connectivity index (χ0) is 29.6. The minimum Gasteiger partial charge on any atom is -0.462 e. The number of hydrogen-bond donors (Lipinski definition) is 2. The third-order valence-electron chi connectivity index (χ3n) is 6.55. The molecular formula is C29H27F2N5O4S2. The molecule has 2 N–H and O–H groups in total. The van der Waals surface area contributed by atoms with Crippen LogP contribution >= 0.6 is 23.1 Å². The van der Waals surface area contributed by atoms with Gasteiger partial charge in [-0.3, -0.25) is 14.2 Å². The molecule has 0 bridgehead atoms. The number of amides is 2. The van der Waals surface area contributed by atoms with Crippen LogP contribution in [0.4, 0.5) is 13.8 Å². The van der Waals surface area contributed by atoms with Crippen LogP contribution in [0.1, 0.15) is 56.7 Å². The number of carbonyl (C=O) groups is 3. The Labute approximate surface area is 248 Å². The number of anilines is 1. The summed E-state index contributed by atoms with van der Waals surface area (Å²) in [6, 6.07) is 11.2. The van der Waals surface area contributed by atoms with Crippen LogP contribution in [0.3, 0.4) is 0 Å². The van der Waals surface area contributed by atoms with E-state index in [1.807, 2.05) is 0 Å². The third-order valence-corrected chi connectivity index (χ3v) is 8.68. The van der Waals surface area contributed by atoms with E-state index in [9.17, 15) is 23.2 Å². The molecule has 2 aromatic heterocycles. The number of hydrogen-bond acceptors (Lipinski definition) is 8. The van der Waals surface area contributed by atoms with Crippen molar-refractivity contribution in [3.8, 4) is 5.69 Å². The van der Waals surface area contributed by atoms with Gasteiger partial charge in [0, 0.05) is 10.6 Å². The summed E-state index contributed by atoms with van der Waals surface area (Å²) in [6.07, 6.45) is 3.62. The van der Waals surface area contributed by atoms with Gasteiger partial charge in [0.2, 0.25) is 5.91 Å². The van der Waals surface area contributed by atoms with Gasteiger partial charge in [0.25, 0.3) is 5.91 Å². The Bertz CT molecular complexity index is 1620. The lowest BCUT2D eigenvalue weighted by Gasteiger charge is -2.12. The summed E-state index contributed by atoms with van der Waals surface area (Å²) in [6.45, 7) is 1.87. The second kappa shape index (κ2) is 13.3. The van der Waals surface area contributed by atoms with Gasteiger partial charge in [-0.15, -0.1) is 21.5 Å². The number of nitrogens with one attached hydrogen (secondary N) is 2. The maximum absolute atomic E-state index is 14.1. The van der Waals surface area contributed by atoms with E-state index in [0.717, 1.165) is 47.9 Å². The lowest BCUT2D eigenvalue weighted by atomic mass is 9.95. The van der Waals surface area contributed by atoms with Crippen molar-refractivity contribution in [3.05, 3.63) is 87.6 Å². The molecule has 2 amide bonds. The highest BCUT2D eigenvalue weighted by atomic mass is 32.2. The summed E-state index contributed by atoms with van der Waals surface area (Å²) in [7, 11) is 0. The Morgan fingerprint density at radius 3 is 2.57 bits per heavy atom. The second-order valence-corrected chi connectivity index (χ2v) is 11.4. The van der Waals surface area contributed by atoms with E-state index < -0.39 is 23.5 Å². The second-order valence-electron chi connectivity index (χ2n) is 9.35. The van der Waals surface area contributed by atoms with E-state index in [0.29, 0.717) is 27.2 Å². The first-order valence-electron chi connectivity index (χ1n) is 13.3. The Morgan fingerprint density at radius 2 is 1.81 bits per heavy atom. The number of rotatable bonds is 10. The van der Waals surface area contributed by atoms with Gasteiger partial charge in [-0.05, 0) is 74.6 Å². The maximum atomic E-state index is 14.1. The first-order chi connectivity index (χ1) is 20.4. The lowest BCUT2D eigenvalue weighted by molar-refractivity contribution is -0.113. The monoisotopic (exact) mass is 611 g/mol. The van der Waals surface area contributed by atoms with Crippen molar-refractivity contribution in [2.24, 2.45) is 0 Å². The van der Waals surface area contributed by atoms with Crippen molar-refractivity contribution in [1.29, 1.82) is 0 Å². The molecule has 42 heavy (non-hydrogen) atoms. The number of nitrogens with zero attached hydrogens (tertiary/aromatic N) is 3. The first-order valence-corrected chi connectivity index (χ1v) is 15.1. The summed E-state index contributed by atoms with van der Waals surface area (Å²) in [5.74, 6) is -2.30. The average Bonchev–Trinajstić information content (AvgIpc) is 3.56. The van der Waals surface area contributed by atoms with Gasteiger partial charge in [-0.1, -0.05) is 23.9 Å². The SMILES string of the molecule is CCOC(=O)c1c(NC(=O)CSc2nnc(CNC(=O)c3ccccc3F)n2-c2ccc(F)cc2)sc2c1CCCC2. The normalized spacial score (nSPS) is 12.5. The molecule has 0 unspecified atom stereocenters. The Morgan fingerprint density at radius 1 is 1.05 bits per heavy atom. The summed E-state index contributed by atoms with van der Waals surface area (Å²) in [5, 5.41) is 14.7. The van der Waals surface area contributed by atoms with Crippen molar-refractivity contribution in [3.63, 3.8) is 0 Å². The number of carbonyl (C=O) groups excluding carboxylic acids is 3. The summed E-state index contributed by atoms with van der Waals surface area (Å²) in [5.41, 5.74) is 1.77. The van der Waals surface area contributed by atoms with Crippen LogP contribution in [0.25, 0.3) is 5.69 Å². The van der Waals surface area contributed by atoms with Crippen molar-refractivity contribution in [2.75, 3.05) is 17.7 Å². The van der Waals surface area contributed by atoms with Crippen molar-refractivity contribution in [2.45, 2.75) is 44.3 Å². The summed E-state index contributed by atoms with van der Waals surface area (Å²) in [4.78, 5) is 39.4. The molecule has 4 aromatic rings. The summed E-state index contributed by atoms with van der Waals surface area (Å²) < 4.78 is 34.6. The number of aryl methyl sites for hydroxylation is 1. The van der Waals surface area contributed by atoms with E-state index in [1.165, 1.54) is 53.8 Å². The van der Waals surface area contributed by atoms with Gasteiger partial charge in [-0.2, -0.15) is 0 Å². The van der Waals surface area contributed by atoms with Gasteiger partial charge < -0.3 is 15.4 Å². The van der Waals surface area contributed by atoms with Crippen LogP contribution in [0.5, 0.6) is 0 Å². The van der Waals surface area contributed by atoms with Gasteiger partial charge in [-0.25, -0.2) is 13.6 Å². The smallest absolute Gasteiger partial charge is 0.341 e. The van der Waals surface area contributed by atoms with Crippen LogP contribution in [-0.2, 0) is 28.9 Å². The van der Waals surface area contributed by atoms with E-state index in [-0.39, 0.29) is 30.4 Å². The molecule has 0 aliphatic heterocycles. The van der Waals surface area contributed by atoms with Crippen molar-refractivity contribution >= 4 is 45.9 Å². The van der Waals surface area contributed by atoms with Gasteiger partial charge in [0.05, 0.1) is 30.0 Å². The number of ether oxygens (including phenoxy) is 1. The molecule has 5 rings (SSSR count). The van der Waals surface area contributed by atoms with Gasteiger partial charge in [0.1, 0.15) is 16.6 Å². The number of esters is 1. The van der Waals surface area contributed by atoms with E-state index >= 15 is 0 Å². The molecule has 0 spiro atoms. The highest BCUT2D eigenvalue weighted by Gasteiger charge is 2.27. The molecule has 1 aliphatic rings. The number of halogens is 2. The minimum atomic E-state index is -0.657. The van der Waals surface area contributed by atoms with Crippen molar-refractivity contribution in [1.82, 2.24) is 20.1 Å². The average molecular weight is 612 g/mol. The fourth-order valence-corrected chi connectivity index (χ4v) is 6.69. The lowest BCUT2D eigenvalue weighted by Crippen LogP contribution is -2.25. The molecule has 2 heterocycles. The van der Waals surface area contributed by atoms with Crippen LogP contribution in [0.15, 0.2) is 53.7 Å². The molecule has 0 fully saturated rings. The zero-order valence-corrected chi connectivity index (χ0v) is 24.2. The topological polar surface area (TPSA) is 115 Å². The number of aromatic nitrogens is 3. The minimum absolute atomic E-state index is 0.0637. The van der Waals surface area contributed by atoms with Gasteiger partial charge >= 0.3 is 5.97 Å². The van der Waals surface area contributed by atoms with E-state index in [1.54, 1.807) is 17.6 Å². The Kier molecular flexibility index (Phi) is 9.28. The highest BCUT2D eigenvalue weighted by molar-refractivity contribution is 7.99. The fourth-order valence-electron chi connectivity index (χ4n) is 4.62. The van der Waals surface area contributed by atoms with Crippen LogP contribution < -0.4 is 10.6 Å². The van der Waals surface area contributed by atoms with Crippen molar-refractivity contribution < 1.29 is 27.9 Å². The van der Waals surface area contributed by atoms with Crippen LogP contribution in [-0.4, -0.2) is 44.9 Å². The quantitative estimate of drug-likeness (QED) is 0.184. The van der Waals surface area contributed by atoms with E-state index in [2.05, 4.69) is 20.8 Å². The molecule has 13 heteroatoms. The predicted octanol–water partition coefficient (Wildman–Crippen LogP) is 5.32. The standard InChI is InChI=1S/C29H27F2N5O4S2/c1-2-40-28(39)25-20-8-4-6-10-22(20)42-27(25)33-24(37)16-41-29-35-34-23(36(29)18-13-11-17(30)12-14-18)15-32-26(38)19-7-3-5-9-21(19)31/h3,5,7,9,11-14H,2,4,6,8,10,15-16H2,1H3,(H,32,38)(H,33,37). The predicted molar refractivity (Wildman–Crippen MR) is 155 cm³/mol. The summed E-state index contributed by atoms with van der Waals surface area (Å²) >= 11 is 2.49. The van der Waals surface area contributed by atoms with E-state index in [4.69, 9.17) is 4.74 Å². The highest BCUT2D eigenvalue weighted by Crippen LogP contribution is 2.38. The fraction of sp³-hybridized carbons (Fsp3) is 0.276. The van der Waals surface area contributed by atoms with Crippen LogP contribution in [0, 0.1) is 11.6 Å². The van der Waals surface area contributed by atoms with Gasteiger partial charge in [0.15, 0.2) is 11.0 Å². The molecule has 1 aliphatic carbocycles. The first kappa shape index (κ1) is 29.4. The molecule has 0 saturated heterocycles. The number of thioether (sulfide) groups is 1. The molecule has 2 aromatic carbocycles. The number of thiophene rings is 1. The Hall–Kier alpha value is -4.10. The third kappa shape index (κ3) is 6.52. The largest absolute Gasteiger partial charge is 0.462 e. The molecule has 218 valence electrons. The zero-order valence-electron chi connectivity index (χ0n) is 22.6. The maximum Gasteiger partial charge on any atom is 0.341 e. The molecule has 0 saturated carbocycles. The van der Waals surface area contributed by atoms with Crippen LogP contribution in [0.2, 0.25) is 0 Å².